The molecule has 2 aromatic carbocycles. The lowest BCUT2D eigenvalue weighted by atomic mass is 10.1. The molecule has 0 aliphatic carbocycles. The highest BCUT2D eigenvalue weighted by Gasteiger charge is 2.09. The highest BCUT2D eigenvalue weighted by atomic mass is 16.5. The number of fused-ring (bicyclic) bond motifs is 1. The molecular formula is C18H14O5. The number of rotatable bonds is 5. The summed E-state index contributed by atoms with van der Waals surface area (Å²) in [5, 5.41) is 0.758. The first kappa shape index (κ1) is 14.8. The Labute approximate surface area is 132 Å². The van der Waals surface area contributed by atoms with Crippen molar-refractivity contribution in [1.29, 1.82) is 0 Å². The second-order valence-corrected chi connectivity index (χ2v) is 4.90. The van der Waals surface area contributed by atoms with Crippen molar-refractivity contribution in [3.8, 4) is 11.5 Å². The molecule has 5 heteroatoms. The van der Waals surface area contributed by atoms with Gasteiger partial charge in [-0.1, -0.05) is 12.1 Å². The SMILES string of the molecule is COc1ccc2c(COc3ccccc3C=O)cc(=O)oc2c1. The molecule has 116 valence electrons. The zero-order valence-electron chi connectivity index (χ0n) is 12.4. The van der Waals surface area contributed by atoms with Gasteiger partial charge in [0, 0.05) is 23.1 Å². The smallest absolute Gasteiger partial charge is 0.336 e. The summed E-state index contributed by atoms with van der Waals surface area (Å²) >= 11 is 0. The van der Waals surface area contributed by atoms with Gasteiger partial charge in [-0.15, -0.1) is 0 Å². The quantitative estimate of drug-likeness (QED) is 0.535. The van der Waals surface area contributed by atoms with E-state index in [1.807, 2.05) is 0 Å². The van der Waals surface area contributed by atoms with Crippen molar-refractivity contribution in [3.05, 3.63) is 70.1 Å². The van der Waals surface area contributed by atoms with E-state index in [2.05, 4.69) is 0 Å². The maximum absolute atomic E-state index is 11.7. The molecule has 0 atom stereocenters. The maximum Gasteiger partial charge on any atom is 0.336 e. The van der Waals surface area contributed by atoms with Crippen LogP contribution in [0, 0.1) is 0 Å². The van der Waals surface area contributed by atoms with Crippen LogP contribution in [0.15, 0.2) is 57.7 Å². The molecule has 1 heterocycles. The Morgan fingerprint density at radius 3 is 2.74 bits per heavy atom. The van der Waals surface area contributed by atoms with E-state index in [1.54, 1.807) is 49.6 Å². The van der Waals surface area contributed by atoms with E-state index >= 15 is 0 Å². The monoisotopic (exact) mass is 310 g/mol. The molecule has 0 unspecified atom stereocenters. The summed E-state index contributed by atoms with van der Waals surface area (Å²) in [5.74, 6) is 1.07. The van der Waals surface area contributed by atoms with Gasteiger partial charge in [0.2, 0.25) is 0 Å². The minimum atomic E-state index is -0.465. The molecule has 0 fully saturated rings. The van der Waals surface area contributed by atoms with Crippen molar-refractivity contribution in [2.45, 2.75) is 6.61 Å². The molecule has 0 amide bonds. The number of ether oxygens (including phenoxy) is 2. The Balaban J connectivity index is 1.96. The lowest BCUT2D eigenvalue weighted by Gasteiger charge is -2.10. The Hall–Kier alpha value is -3.08. The van der Waals surface area contributed by atoms with E-state index in [0.717, 1.165) is 11.7 Å². The largest absolute Gasteiger partial charge is 0.497 e. The summed E-state index contributed by atoms with van der Waals surface area (Å²) in [6.07, 6.45) is 0.734. The van der Waals surface area contributed by atoms with Crippen molar-refractivity contribution in [2.75, 3.05) is 7.11 Å². The summed E-state index contributed by atoms with van der Waals surface area (Å²) in [5.41, 5.74) is 1.10. The number of para-hydroxylation sites is 1. The molecule has 3 rings (SSSR count). The molecule has 0 saturated heterocycles. The van der Waals surface area contributed by atoms with E-state index in [4.69, 9.17) is 13.9 Å². The summed E-state index contributed by atoms with van der Waals surface area (Å²) in [4.78, 5) is 22.7. The van der Waals surface area contributed by atoms with Crippen LogP contribution in [-0.4, -0.2) is 13.4 Å². The summed E-state index contributed by atoms with van der Waals surface area (Å²) in [7, 11) is 1.54. The first-order valence-electron chi connectivity index (χ1n) is 6.99. The highest BCUT2D eigenvalue weighted by molar-refractivity contribution is 5.82. The first-order chi connectivity index (χ1) is 11.2. The Morgan fingerprint density at radius 2 is 1.96 bits per heavy atom. The fourth-order valence-corrected chi connectivity index (χ4v) is 2.32. The molecule has 0 aliphatic rings. The summed E-state index contributed by atoms with van der Waals surface area (Å²) < 4.78 is 16.0. The molecule has 0 N–H and O–H groups in total. The zero-order valence-corrected chi connectivity index (χ0v) is 12.4. The van der Waals surface area contributed by atoms with Gasteiger partial charge in [0.15, 0.2) is 6.29 Å². The molecule has 0 radical (unpaired) electrons. The van der Waals surface area contributed by atoms with Crippen LogP contribution < -0.4 is 15.1 Å². The zero-order chi connectivity index (χ0) is 16.2. The molecule has 5 nitrogen and oxygen atoms in total. The number of carbonyl (C=O) groups is 1. The van der Waals surface area contributed by atoms with Gasteiger partial charge >= 0.3 is 5.63 Å². The lowest BCUT2D eigenvalue weighted by Crippen LogP contribution is -2.05. The Bertz CT molecular complexity index is 911. The van der Waals surface area contributed by atoms with Crippen molar-refractivity contribution < 1.29 is 18.7 Å². The van der Waals surface area contributed by atoms with Gasteiger partial charge < -0.3 is 13.9 Å². The lowest BCUT2D eigenvalue weighted by molar-refractivity contribution is 0.111. The third-order valence-electron chi connectivity index (χ3n) is 3.47. The van der Waals surface area contributed by atoms with Crippen molar-refractivity contribution in [3.63, 3.8) is 0 Å². The molecular weight excluding hydrogens is 296 g/mol. The molecule has 0 aliphatic heterocycles. The van der Waals surface area contributed by atoms with Crippen molar-refractivity contribution in [1.82, 2.24) is 0 Å². The van der Waals surface area contributed by atoms with Gasteiger partial charge in [0.05, 0.1) is 12.7 Å². The Morgan fingerprint density at radius 1 is 1.13 bits per heavy atom. The summed E-state index contributed by atoms with van der Waals surface area (Å²) in [6, 6.07) is 13.6. The molecule has 0 spiro atoms. The minimum Gasteiger partial charge on any atom is -0.497 e. The van der Waals surface area contributed by atoms with Gasteiger partial charge in [-0.25, -0.2) is 4.79 Å². The predicted molar refractivity (Wildman–Crippen MR) is 85.2 cm³/mol. The standard InChI is InChI=1S/C18H14O5/c1-21-14-6-7-15-13(8-18(20)23-17(15)9-14)11-22-16-5-3-2-4-12(16)10-19/h2-10H,11H2,1H3. The maximum atomic E-state index is 11.7. The molecule has 0 bridgehead atoms. The highest BCUT2D eigenvalue weighted by Crippen LogP contribution is 2.24. The van der Waals surface area contributed by atoms with Gasteiger partial charge in [-0.3, -0.25) is 4.79 Å². The van der Waals surface area contributed by atoms with Crippen LogP contribution in [-0.2, 0) is 6.61 Å². The molecule has 23 heavy (non-hydrogen) atoms. The van der Waals surface area contributed by atoms with Crippen LogP contribution in [0.4, 0.5) is 0 Å². The van der Waals surface area contributed by atoms with Crippen molar-refractivity contribution in [2.24, 2.45) is 0 Å². The molecule has 1 aromatic heterocycles. The van der Waals surface area contributed by atoms with Crippen LogP contribution in [0.3, 0.4) is 0 Å². The number of hydrogen-bond acceptors (Lipinski definition) is 5. The topological polar surface area (TPSA) is 65.7 Å². The third-order valence-corrected chi connectivity index (χ3v) is 3.47. The van der Waals surface area contributed by atoms with E-state index in [0.29, 0.717) is 28.2 Å². The summed E-state index contributed by atoms with van der Waals surface area (Å²) in [6.45, 7) is 0.152. The van der Waals surface area contributed by atoms with E-state index in [-0.39, 0.29) is 6.61 Å². The number of benzene rings is 2. The third kappa shape index (κ3) is 3.08. The number of carbonyl (C=O) groups excluding carboxylic acids is 1. The minimum absolute atomic E-state index is 0.152. The molecule has 3 aromatic rings. The average molecular weight is 310 g/mol. The average Bonchev–Trinajstić information content (AvgIpc) is 2.59. The van der Waals surface area contributed by atoms with Crippen LogP contribution >= 0.6 is 0 Å². The molecule has 0 saturated carbocycles. The van der Waals surface area contributed by atoms with Crippen molar-refractivity contribution >= 4 is 17.3 Å². The van der Waals surface area contributed by atoms with E-state index in [1.165, 1.54) is 6.07 Å². The number of methoxy groups -OCH3 is 1. The number of aldehydes is 1. The van der Waals surface area contributed by atoms with Gasteiger partial charge in [0.25, 0.3) is 0 Å². The number of hydrogen-bond donors (Lipinski definition) is 0. The van der Waals surface area contributed by atoms with Gasteiger partial charge in [-0.05, 0) is 24.3 Å². The van der Waals surface area contributed by atoms with Crippen LogP contribution in [0.5, 0.6) is 11.5 Å². The second kappa shape index (κ2) is 6.36. The first-order valence-corrected chi connectivity index (χ1v) is 6.99. The fourth-order valence-electron chi connectivity index (χ4n) is 2.32. The van der Waals surface area contributed by atoms with E-state index in [9.17, 15) is 9.59 Å². The van der Waals surface area contributed by atoms with Crippen LogP contribution in [0.2, 0.25) is 0 Å². The van der Waals surface area contributed by atoms with E-state index < -0.39 is 5.63 Å². The van der Waals surface area contributed by atoms with Gasteiger partial charge in [0.1, 0.15) is 23.7 Å². The predicted octanol–water partition coefficient (Wildman–Crippen LogP) is 3.19. The Kier molecular flexibility index (Phi) is 4.10. The van der Waals surface area contributed by atoms with Crippen LogP contribution in [0.1, 0.15) is 15.9 Å². The van der Waals surface area contributed by atoms with Crippen LogP contribution in [0.25, 0.3) is 11.0 Å². The van der Waals surface area contributed by atoms with Gasteiger partial charge in [-0.2, -0.15) is 0 Å². The normalized spacial score (nSPS) is 10.5. The fraction of sp³-hybridized carbons (Fsp3) is 0.111. The second-order valence-electron chi connectivity index (χ2n) is 4.90.